The normalized spacial score (nSPS) is 27.0. The Hall–Kier alpha value is -1.33. The number of hydrogen-bond acceptors (Lipinski definition) is 2. The molecular weight excluding hydrogens is 160 g/mol. The summed E-state index contributed by atoms with van der Waals surface area (Å²) in [6.07, 6.45) is 0. The zero-order valence-corrected chi connectivity index (χ0v) is 7.40. The van der Waals surface area contributed by atoms with Crippen molar-refractivity contribution in [1.29, 1.82) is 5.26 Å². The maximum absolute atomic E-state index is 8.91. The summed E-state index contributed by atoms with van der Waals surface area (Å²) in [6.45, 7) is 1.76. The van der Waals surface area contributed by atoms with Crippen LogP contribution in [0.1, 0.15) is 11.5 Å². The fourth-order valence-electron chi connectivity index (χ4n) is 1.86. The van der Waals surface area contributed by atoms with Crippen molar-refractivity contribution >= 4 is 0 Å². The van der Waals surface area contributed by atoms with Gasteiger partial charge in [-0.15, -0.1) is 0 Å². The van der Waals surface area contributed by atoms with Crippen LogP contribution in [-0.4, -0.2) is 13.1 Å². The molecule has 2 nitrogen and oxygen atoms in total. The van der Waals surface area contributed by atoms with Crippen molar-refractivity contribution in [3.05, 3.63) is 35.9 Å². The van der Waals surface area contributed by atoms with Gasteiger partial charge in [-0.05, 0) is 5.56 Å². The van der Waals surface area contributed by atoms with E-state index in [0.29, 0.717) is 5.92 Å². The highest BCUT2D eigenvalue weighted by Gasteiger charge is 2.27. The maximum atomic E-state index is 8.91. The quantitative estimate of drug-likeness (QED) is 0.697. The molecule has 2 rings (SSSR count). The first kappa shape index (κ1) is 8.28. The van der Waals surface area contributed by atoms with Crippen molar-refractivity contribution < 1.29 is 0 Å². The Labute approximate surface area is 78.2 Å². The zero-order valence-electron chi connectivity index (χ0n) is 7.40. The van der Waals surface area contributed by atoms with Gasteiger partial charge in [0, 0.05) is 19.0 Å². The minimum Gasteiger partial charge on any atom is -0.315 e. The van der Waals surface area contributed by atoms with Gasteiger partial charge in [0.1, 0.15) is 0 Å². The first-order valence-corrected chi connectivity index (χ1v) is 4.57. The second kappa shape index (κ2) is 3.59. The first-order chi connectivity index (χ1) is 6.42. The molecule has 1 heterocycles. The Bertz CT molecular complexity index is 313. The van der Waals surface area contributed by atoms with Gasteiger partial charge in [-0.1, -0.05) is 30.3 Å². The lowest BCUT2D eigenvalue weighted by Crippen LogP contribution is -2.07. The van der Waals surface area contributed by atoms with Crippen molar-refractivity contribution in [2.24, 2.45) is 5.92 Å². The van der Waals surface area contributed by atoms with E-state index >= 15 is 0 Å². The molecule has 0 saturated carbocycles. The molecule has 0 spiro atoms. The number of nitrogens with zero attached hydrogens (tertiary/aromatic N) is 1. The molecule has 2 atom stereocenters. The van der Waals surface area contributed by atoms with Gasteiger partial charge in [-0.2, -0.15) is 5.26 Å². The molecule has 2 heteroatoms. The molecular formula is C11H12N2. The molecule has 0 aliphatic carbocycles. The Morgan fingerprint density at radius 1 is 1.23 bits per heavy atom. The summed E-state index contributed by atoms with van der Waals surface area (Å²) in [4.78, 5) is 0. The van der Waals surface area contributed by atoms with E-state index in [1.54, 1.807) is 0 Å². The molecule has 1 N–H and O–H groups in total. The summed E-state index contributed by atoms with van der Waals surface area (Å²) < 4.78 is 0. The Morgan fingerprint density at radius 2 is 2.00 bits per heavy atom. The Balaban J connectivity index is 2.22. The van der Waals surface area contributed by atoms with Crippen molar-refractivity contribution in [3.8, 4) is 6.07 Å². The van der Waals surface area contributed by atoms with E-state index < -0.39 is 0 Å². The van der Waals surface area contributed by atoms with E-state index in [0.717, 1.165) is 13.1 Å². The topological polar surface area (TPSA) is 35.8 Å². The molecule has 0 aromatic heterocycles. The van der Waals surface area contributed by atoms with Crippen LogP contribution in [0.5, 0.6) is 0 Å². The van der Waals surface area contributed by atoms with Crippen LogP contribution < -0.4 is 5.32 Å². The number of benzene rings is 1. The van der Waals surface area contributed by atoms with Crippen LogP contribution >= 0.6 is 0 Å². The zero-order chi connectivity index (χ0) is 9.10. The lowest BCUT2D eigenvalue weighted by molar-refractivity contribution is 0.646. The molecule has 0 radical (unpaired) electrons. The van der Waals surface area contributed by atoms with Gasteiger partial charge in [-0.3, -0.25) is 0 Å². The molecule has 2 unspecified atom stereocenters. The standard InChI is InChI=1S/C11H12N2/c12-6-10-7-13-8-11(10)9-4-2-1-3-5-9/h1-5,10-11,13H,7-8H2. The summed E-state index contributed by atoms with van der Waals surface area (Å²) in [6, 6.07) is 12.6. The minimum atomic E-state index is 0.141. The molecule has 1 aromatic carbocycles. The van der Waals surface area contributed by atoms with E-state index in [-0.39, 0.29) is 5.92 Å². The highest BCUT2D eigenvalue weighted by Crippen LogP contribution is 2.26. The van der Waals surface area contributed by atoms with Crippen LogP contribution in [0, 0.1) is 17.2 Å². The monoisotopic (exact) mass is 172 g/mol. The third kappa shape index (κ3) is 1.56. The summed E-state index contributed by atoms with van der Waals surface area (Å²) in [5, 5.41) is 12.2. The van der Waals surface area contributed by atoms with Crippen molar-refractivity contribution in [1.82, 2.24) is 5.32 Å². The SMILES string of the molecule is N#CC1CNCC1c1ccccc1. The van der Waals surface area contributed by atoms with Gasteiger partial charge in [0.2, 0.25) is 0 Å². The second-order valence-corrected chi connectivity index (χ2v) is 3.41. The van der Waals surface area contributed by atoms with Crippen molar-refractivity contribution in [3.63, 3.8) is 0 Å². The first-order valence-electron chi connectivity index (χ1n) is 4.57. The van der Waals surface area contributed by atoms with E-state index in [4.69, 9.17) is 5.26 Å². The number of nitriles is 1. The largest absolute Gasteiger partial charge is 0.315 e. The highest BCUT2D eigenvalue weighted by atomic mass is 14.9. The van der Waals surface area contributed by atoms with Gasteiger partial charge >= 0.3 is 0 Å². The fourth-order valence-corrected chi connectivity index (χ4v) is 1.86. The lowest BCUT2D eigenvalue weighted by atomic mass is 9.90. The number of hydrogen-bond donors (Lipinski definition) is 1. The van der Waals surface area contributed by atoms with Crippen LogP contribution in [0.25, 0.3) is 0 Å². The Morgan fingerprint density at radius 3 is 2.69 bits per heavy atom. The maximum Gasteiger partial charge on any atom is 0.0676 e. The molecule has 1 aliphatic rings. The minimum absolute atomic E-state index is 0.141. The summed E-state index contributed by atoms with van der Waals surface area (Å²) in [5.41, 5.74) is 1.28. The van der Waals surface area contributed by atoms with Gasteiger partial charge in [0.05, 0.1) is 12.0 Å². The van der Waals surface area contributed by atoms with Crippen LogP contribution in [0.15, 0.2) is 30.3 Å². The molecule has 0 bridgehead atoms. The molecule has 0 amide bonds. The lowest BCUT2D eigenvalue weighted by Gasteiger charge is -2.11. The Kier molecular flexibility index (Phi) is 2.29. The summed E-state index contributed by atoms with van der Waals surface area (Å²) in [7, 11) is 0. The predicted molar refractivity (Wildman–Crippen MR) is 51.2 cm³/mol. The molecule has 66 valence electrons. The van der Waals surface area contributed by atoms with Gasteiger partial charge in [-0.25, -0.2) is 0 Å². The average molecular weight is 172 g/mol. The molecule has 13 heavy (non-hydrogen) atoms. The smallest absolute Gasteiger partial charge is 0.0676 e. The van der Waals surface area contributed by atoms with Gasteiger partial charge in [0.25, 0.3) is 0 Å². The highest BCUT2D eigenvalue weighted by molar-refractivity contribution is 5.24. The number of rotatable bonds is 1. The van der Waals surface area contributed by atoms with Crippen LogP contribution in [0.2, 0.25) is 0 Å². The van der Waals surface area contributed by atoms with Gasteiger partial charge in [0.15, 0.2) is 0 Å². The predicted octanol–water partition coefficient (Wildman–Crippen LogP) is 1.51. The fraction of sp³-hybridized carbons (Fsp3) is 0.364. The van der Waals surface area contributed by atoms with E-state index in [1.165, 1.54) is 5.56 Å². The summed E-state index contributed by atoms with van der Waals surface area (Å²) in [5.74, 6) is 0.522. The third-order valence-corrected chi connectivity index (χ3v) is 2.61. The molecule has 1 saturated heterocycles. The van der Waals surface area contributed by atoms with Crippen LogP contribution in [-0.2, 0) is 0 Å². The van der Waals surface area contributed by atoms with Crippen LogP contribution in [0.4, 0.5) is 0 Å². The van der Waals surface area contributed by atoms with E-state index in [1.807, 2.05) is 18.2 Å². The molecule has 1 aliphatic heterocycles. The molecule has 1 fully saturated rings. The van der Waals surface area contributed by atoms with E-state index in [9.17, 15) is 0 Å². The average Bonchev–Trinajstić information content (AvgIpc) is 2.67. The molecule has 1 aromatic rings. The van der Waals surface area contributed by atoms with Crippen molar-refractivity contribution in [2.75, 3.05) is 13.1 Å². The van der Waals surface area contributed by atoms with E-state index in [2.05, 4.69) is 23.5 Å². The summed E-state index contributed by atoms with van der Waals surface area (Å²) >= 11 is 0. The van der Waals surface area contributed by atoms with Gasteiger partial charge < -0.3 is 5.32 Å². The van der Waals surface area contributed by atoms with Crippen LogP contribution in [0.3, 0.4) is 0 Å². The second-order valence-electron chi connectivity index (χ2n) is 3.41. The third-order valence-electron chi connectivity index (χ3n) is 2.61. The van der Waals surface area contributed by atoms with Crippen molar-refractivity contribution in [2.45, 2.75) is 5.92 Å². The number of nitrogens with one attached hydrogen (secondary N) is 1.